The minimum Gasteiger partial charge on any atom is -0.480 e. The first kappa shape index (κ1) is 22.6. The molecule has 1 aromatic rings. The molecule has 1 aromatic heterocycles. The van der Waals surface area contributed by atoms with E-state index >= 15 is 0 Å². The van der Waals surface area contributed by atoms with Gasteiger partial charge in [0.15, 0.2) is 5.13 Å². The van der Waals surface area contributed by atoms with Gasteiger partial charge in [-0.15, -0.1) is 11.3 Å². The molecule has 10 heteroatoms. The summed E-state index contributed by atoms with van der Waals surface area (Å²) in [5.74, 6) is -2.33. The Kier molecular flexibility index (Phi) is 8.86. The minimum absolute atomic E-state index is 0.0460. The molecule has 3 amide bonds. The number of carboxylic acids is 1. The predicted octanol–water partition coefficient (Wildman–Crippen LogP) is 1.01. The Labute approximate surface area is 161 Å². The zero-order chi connectivity index (χ0) is 20.6. The van der Waals surface area contributed by atoms with E-state index in [9.17, 15) is 19.2 Å². The number of anilines is 1. The lowest BCUT2D eigenvalue weighted by Gasteiger charge is -2.16. The van der Waals surface area contributed by atoms with Crippen LogP contribution in [0.1, 0.15) is 39.8 Å². The second-order valence-electron chi connectivity index (χ2n) is 6.83. The Morgan fingerprint density at radius 2 is 1.81 bits per heavy atom. The zero-order valence-corrected chi connectivity index (χ0v) is 16.7. The van der Waals surface area contributed by atoms with E-state index in [0.717, 1.165) is 0 Å². The second kappa shape index (κ2) is 10.6. The van der Waals surface area contributed by atoms with Crippen LogP contribution in [0.2, 0.25) is 0 Å². The molecule has 0 aliphatic carbocycles. The maximum absolute atomic E-state index is 11.9. The molecule has 150 valence electrons. The van der Waals surface area contributed by atoms with E-state index in [4.69, 9.17) is 5.11 Å². The van der Waals surface area contributed by atoms with E-state index in [2.05, 4.69) is 20.9 Å². The van der Waals surface area contributed by atoms with Crippen molar-refractivity contribution < 1.29 is 24.3 Å². The first-order valence-corrected chi connectivity index (χ1v) is 9.50. The molecule has 0 saturated heterocycles. The average Bonchev–Trinajstić information content (AvgIpc) is 2.98. The Bertz CT molecular complexity index is 687. The number of nitrogens with one attached hydrogen (secondary N) is 3. The van der Waals surface area contributed by atoms with Gasteiger partial charge in [0.25, 0.3) is 0 Å². The lowest BCUT2D eigenvalue weighted by Crippen LogP contribution is -2.46. The molecule has 4 N–H and O–H groups in total. The SMILES string of the molecule is CC(C)C[C@H](NC(=O)CNC(=O)Cc1csc(NC(=O)C(C)C)n1)C(=O)O. The number of carbonyl (C=O) groups is 4. The molecule has 1 heterocycles. The smallest absolute Gasteiger partial charge is 0.326 e. The lowest BCUT2D eigenvalue weighted by molar-refractivity contribution is -0.142. The highest BCUT2D eigenvalue weighted by atomic mass is 32.1. The molecule has 0 aliphatic rings. The number of aromatic nitrogens is 1. The van der Waals surface area contributed by atoms with E-state index in [-0.39, 0.29) is 30.7 Å². The van der Waals surface area contributed by atoms with Crippen LogP contribution in [0.4, 0.5) is 5.13 Å². The third-order valence-electron chi connectivity index (χ3n) is 3.43. The van der Waals surface area contributed by atoms with Crippen molar-refractivity contribution in [2.45, 2.75) is 46.6 Å². The van der Waals surface area contributed by atoms with Gasteiger partial charge in [-0.25, -0.2) is 9.78 Å². The molecular weight excluding hydrogens is 372 g/mol. The summed E-state index contributed by atoms with van der Waals surface area (Å²) in [6, 6.07) is -0.986. The van der Waals surface area contributed by atoms with Crippen molar-refractivity contribution in [1.82, 2.24) is 15.6 Å². The molecule has 1 rings (SSSR count). The first-order valence-electron chi connectivity index (χ1n) is 8.62. The molecule has 0 unspecified atom stereocenters. The zero-order valence-electron chi connectivity index (χ0n) is 15.9. The molecule has 0 radical (unpaired) electrons. The fraction of sp³-hybridized carbons (Fsp3) is 0.588. The quantitative estimate of drug-likeness (QED) is 0.464. The van der Waals surface area contributed by atoms with Gasteiger partial charge in [0.2, 0.25) is 17.7 Å². The lowest BCUT2D eigenvalue weighted by atomic mass is 10.0. The van der Waals surface area contributed by atoms with Crippen LogP contribution in [0.15, 0.2) is 5.38 Å². The summed E-state index contributed by atoms with van der Waals surface area (Å²) in [5, 5.41) is 18.6. The number of aliphatic carboxylic acids is 1. The number of thiazole rings is 1. The van der Waals surface area contributed by atoms with E-state index in [1.165, 1.54) is 11.3 Å². The van der Waals surface area contributed by atoms with Gasteiger partial charge in [0, 0.05) is 11.3 Å². The summed E-state index contributed by atoms with van der Waals surface area (Å²) >= 11 is 1.21. The van der Waals surface area contributed by atoms with Gasteiger partial charge in [0.1, 0.15) is 6.04 Å². The van der Waals surface area contributed by atoms with E-state index in [1.807, 2.05) is 13.8 Å². The molecule has 0 bridgehead atoms. The molecule has 0 aromatic carbocycles. The maximum Gasteiger partial charge on any atom is 0.326 e. The molecule has 0 fully saturated rings. The third-order valence-corrected chi connectivity index (χ3v) is 4.24. The number of carboxylic acid groups (broad SMARTS) is 1. The van der Waals surface area contributed by atoms with E-state index in [1.54, 1.807) is 19.2 Å². The average molecular weight is 398 g/mol. The topological polar surface area (TPSA) is 137 Å². The van der Waals surface area contributed by atoms with Crippen molar-refractivity contribution >= 4 is 40.2 Å². The van der Waals surface area contributed by atoms with E-state index in [0.29, 0.717) is 17.2 Å². The number of nitrogens with zero attached hydrogens (tertiary/aromatic N) is 1. The molecule has 9 nitrogen and oxygen atoms in total. The van der Waals surface area contributed by atoms with Crippen molar-refractivity contribution in [3.8, 4) is 0 Å². The van der Waals surface area contributed by atoms with Gasteiger partial charge in [-0.1, -0.05) is 27.7 Å². The predicted molar refractivity (Wildman–Crippen MR) is 101 cm³/mol. The van der Waals surface area contributed by atoms with Crippen LogP contribution < -0.4 is 16.0 Å². The van der Waals surface area contributed by atoms with Gasteiger partial charge >= 0.3 is 5.97 Å². The number of hydrogen-bond donors (Lipinski definition) is 4. The highest BCUT2D eigenvalue weighted by molar-refractivity contribution is 7.13. The van der Waals surface area contributed by atoms with Gasteiger partial charge in [-0.3, -0.25) is 14.4 Å². The molecular formula is C17H26N4O5S. The highest BCUT2D eigenvalue weighted by Gasteiger charge is 2.21. The molecule has 1 atom stereocenters. The Morgan fingerprint density at radius 1 is 1.15 bits per heavy atom. The summed E-state index contributed by atoms with van der Waals surface area (Å²) in [6.45, 7) is 6.92. The van der Waals surface area contributed by atoms with Crippen LogP contribution in [-0.2, 0) is 25.6 Å². The summed E-state index contributed by atoms with van der Waals surface area (Å²) < 4.78 is 0. The molecule has 0 aliphatic heterocycles. The second-order valence-corrected chi connectivity index (χ2v) is 7.69. The normalized spacial score (nSPS) is 11.9. The van der Waals surface area contributed by atoms with Crippen molar-refractivity contribution in [3.63, 3.8) is 0 Å². The highest BCUT2D eigenvalue weighted by Crippen LogP contribution is 2.16. The van der Waals surface area contributed by atoms with Crippen molar-refractivity contribution in [1.29, 1.82) is 0 Å². The monoisotopic (exact) mass is 398 g/mol. The van der Waals surface area contributed by atoms with Crippen LogP contribution in [0.5, 0.6) is 0 Å². The summed E-state index contributed by atoms with van der Waals surface area (Å²) in [5.41, 5.74) is 0.472. The largest absolute Gasteiger partial charge is 0.480 e. The fourth-order valence-corrected chi connectivity index (χ4v) is 2.75. The Morgan fingerprint density at radius 3 is 2.37 bits per heavy atom. The fourth-order valence-electron chi connectivity index (χ4n) is 2.04. The maximum atomic E-state index is 11.9. The first-order chi connectivity index (χ1) is 12.6. The number of carbonyl (C=O) groups excluding carboxylic acids is 3. The van der Waals surface area contributed by atoms with Crippen LogP contribution in [0, 0.1) is 11.8 Å². The van der Waals surface area contributed by atoms with E-state index < -0.39 is 23.8 Å². The molecule has 27 heavy (non-hydrogen) atoms. The number of hydrogen-bond acceptors (Lipinski definition) is 6. The summed E-state index contributed by atoms with van der Waals surface area (Å²) in [6.07, 6.45) is 0.258. The van der Waals surface area contributed by atoms with Crippen molar-refractivity contribution in [2.75, 3.05) is 11.9 Å². The number of amides is 3. The van der Waals surface area contributed by atoms with Gasteiger partial charge in [0.05, 0.1) is 18.7 Å². The number of rotatable bonds is 10. The standard InChI is InChI=1S/C17H26N4O5S/c1-9(2)5-12(16(25)26)20-14(23)7-18-13(22)6-11-8-27-17(19-11)21-15(24)10(3)4/h8-10,12H,5-7H2,1-4H3,(H,18,22)(H,20,23)(H,25,26)(H,19,21,24)/t12-/m0/s1. The third kappa shape index (κ3) is 8.63. The molecule has 0 saturated carbocycles. The molecule has 0 spiro atoms. The van der Waals surface area contributed by atoms with Gasteiger partial charge in [-0.2, -0.15) is 0 Å². The van der Waals surface area contributed by atoms with Crippen molar-refractivity contribution in [2.24, 2.45) is 11.8 Å². The van der Waals surface area contributed by atoms with Crippen molar-refractivity contribution in [3.05, 3.63) is 11.1 Å². The minimum atomic E-state index is -1.11. The van der Waals surface area contributed by atoms with Gasteiger partial charge in [-0.05, 0) is 12.3 Å². The van der Waals surface area contributed by atoms with Crippen LogP contribution in [-0.4, -0.2) is 46.4 Å². The van der Waals surface area contributed by atoms with Gasteiger partial charge < -0.3 is 21.1 Å². The summed E-state index contributed by atoms with van der Waals surface area (Å²) in [4.78, 5) is 50.7. The Hall–Kier alpha value is -2.49. The summed E-state index contributed by atoms with van der Waals surface area (Å²) in [7, 11) is 0. The van der Waals surface area contributed by atoms with Crippen LogP contribution in [0.3, 0.4) is 0 Å². The van der Waals surface area contributed by atoms with Crippen LogP contribution in [0.25, 0.3) is 0 Å². The van der Waals surface area contributed by atoms with Crippen LogP contribution >= 0.6 is 11.3 Å². The Balaban J connectivity index is 2.44.